The van der Waals surface area contributed by atoms with E-state index in [9.17, 15) is 15.3 Å². The fraction of sp³-hybridized carbons (Fsp3) is 0.0741. The Morgan fingerprint density at radius 1 is 0.767 bits per heavy atom. The SMILES string of the molecule is Cc1ccc(C2=C(C(=O)c3ccccc3)C=C(c3ccccc3)C2(C#N)C#N)cc1. The summed E-state index contributed by atoms with van der Waals surface area (Å²) in [7, 11) is 0. The molecule has 0 saturated heterocycles. The van der Waals surface area contributed by atoms with E-state index in [4.69, 9.17) is 0 Å². The van der Waals surface area contributed by atoms with Gasteiger partial charge < -0.3 is 0 Å². The second kappa shape index (κ2) is 7.66. The van der Waals surface area contributed by atoms with Gasteiger partial charge in [0, 0.05) is 16.7 Å². The molecule has 0 heterocycles. The van der Waals surface area contributed by atoms with E-state index in [1.165, 1.54) is 0 Å². The molecular weight excluding hydrogens is 368 g/mol. The van der Waals surface area contributed by atoms with Crippen LogP contribution >= 0.6 is 0 Å². The Balaban J connectivity index is 2.02. The number of benzene rings is 3. The van der Waals surface area contributed by atoms with Crippen molar-refractivity contribution in [3.8, 4) is 12.1 Å². The summed E-state index contributed by atoms with van der Waals surface area (Å²) in [6.07, 6.45) is 1.71. The predicted molar refractivity (Wildman–Crippen MR) is 117 cm³/mol. The van der Waals surface area contributed by atoms with Crippen LogP contribution in [0.3, 0.4) is 0 Å². The van der Waals surface area contributed by atoms with Crippen molar-refractivity contribution in [1.82, 2.24) is 0 Å². The van der Waals surface area contributed by atoms with Gasteiger partial charge in [-0.3, -0.25) is 4.79 Å². The van der Waals surface area contributed by atoms with Crippen LogP contribution in [-0.4, -0.2) is 5.78 Å². The van der Waals surface area contributed by atoms with Crippen LogP contribution in [0.25, 0.3) is 11.1 Å². The smallest absolute Gasteiger partial charge is 0.195 e. The average Bonchev–Trinajstić information content (AvgIpc) is 3.16. The van der Waals surface area contributed by atoms with E-state index in [1.54, 1.807) is 30.3 Å². The molecule has 0 atom stereocenters. The summed E-state index contributed by atoms with van der Waals surface area (Å²) >= 11 is 0. The Hall–Kier alpha value is -4.21. The van der Waals surface area contributed by atoms with Crippen molar-refractivity contribution >= 4 is 16.9 Å². The summed E-state index contributed by atoms with van der Waals surface area (Å²) in [6.45, 7) is 1.97. The second-order valence-corrected chi connectivity index (χ2v) is 7.25. The van der Waals surface area contributed by atoms with Crippen molar-refractivity contribution in [3.63, 3.8) is 0 Å². The number of carbonyl (C=O) groups excluding carboxylic acids is 1. The third-order valence-corrected chi connectivity index (χ3v) is 5.38. The lowest BCUT2D eigenvalue weighted by molar-refractivity contribution is 0.103. The normalized spacial score (nSPS) is 14.6. The van der Waals surface area contributed by atoms with Crippen LogP contribution in [0.15, 0.2) is 96.6 Å². The molecule has 4 rings (SSSR count). The second-order valence-electron chi connectivity index (χ2n) is 7.25. The molecular formula is C27H18N2O. The number of ketones is 1. The molecule has 142 valence electrons. The molecule has 1 aliphatic carbocycles. The molecule has 0 amide bonds. The Morgan fingerprint density at radius 2 is 1.33 bits per heavy atom. The van der Waals surface area contributed by atoms with E-state index in [1.807, 2.05) is 67.6 Å². The quantitative estimate of drug-likeness (QED) is 0.535. The highest BCUT2D eigenvalue weighted by atomic mass is 16.1. The zero-order valence-electron chi connectivity index (χ0n) is 16.5. The van der Waals surface area contributed by atoms with E-state index in [0.717, 1.165) is 11.1 Å². The molecule has 0 unspecified atom stereocenters. The average molecular weight is 386 g/mol. The number of nitriles is 2. The van der Waals surface area contributed by atoms with Gasteiger partial charge in [0.25, 0.3) is 0 Å². The number of Topliss-reactive ketones (excluding diaryl/α,β-unsaturated/α-hetero) is 1. The van der Waals surface area contributed by atoms with Gasteiger partial charge in [0.15, 0.2) is 11.2 Å². The first-order valence-corrected chi connectivity index (χ1v) is 9.62. The van der Waals surface area contributed by atoms with Gasteiger partial charge in [0.2, 0.25) is 0 Å². The maximum atomic E-state index is 13.5. The van der Waals surface area contributed by atoms with Crippen molar-refractivity contribution in [2.24, 2.45) is 5.41 Å². The van der Waals surface area contributed by atoms with E-state index in [0.29, 0.717) is 27.8 Å². The zero-order chi connectivity index (χ0) is 21.1. The molecule has 0 spiro atoms. The lowest BCUT2D eigenvalue weighted by Crippen LogP contribution is -2.19. The van der Waals surface area contributed by atoms with Crippen LogP contribution in [0.2, 0.25) is 0 Å². The van der Waals surface area contributed by atoms with Crippen LogP contribution in [0.5, 0.6) is 0 Å². The number of allylic oxidation sites excluding steroid dienone is 4. The molecule has 1 aliphatic rings. The van der Waals surface area contributed by atoms with Gasteiger partial charge in [0.1, 0.15) is 0 Å². The Bertz CT molecular complexity index is 1240. The summed E-state index contributed by atoms with van der Waals surface area (Å²) in [5.41, 5.74) is 2.81. The summed E-state index contributed by atoms with van der Waals surface area (Å²) < 4.78 is 0. The molecule has 0 radical (unpaired) electrons. The van der Waals surface area contributed by atoms with E-state index < -0.39 is 5.41 Å². The minimum absolute atomic E-state index is 0.202. The molecule has 0 saturated carbocycles. The topological polar surface area (TPSA) is 64.7 Å². The molecule has 30 heavy (non-hydrogen) atoms. The first-order valence-electron chi connectivity index (χ1n) is 9.62. The van der Waals surface area contributed by atoms with Gasteiger partial charge in [-0.25, -0.2) is 0 Å². The molecule has 0 aromatic heterocycles. The standard InChI is InChI=1S/C27H18N2O/c1-19-12-14-21(15-13-19)25-23(26(30)22-10-6-3-7-11-22)16-24(27(25,17-28)18-29)20-8-4-2-5-9-20/h2-16H,1H3. The van der Waals surface area contributed by atoms with Crippen LogP contribution in [-0.2, 0) is 0 Å². The van der Waals surface area contributed by atoms with Crippen LogP contribution in [0, 0.1) is 35.0 Å². The molecule has 0 fully saturated rings. The molecule has 3 aromatic carbocycles. The molecule has 0 bridgehead atoms. The van der Waals surface area contributed by atoms with Crippen molar-refractivity contribution < 1.29 is 4.79 Å². The largest absolute Gasteiger partial charge is 0.289 e. The van der Waals surface area contributed by atoms with Gasteiger partial charge in [-0.2, -0.15) is 10.5 Å². The number of hydrogen-bond acceptors (Lipinski definition) is 3. The molecule has 0 N–H and O–H groups in total. The van der Waals surface area contributed by atoms with Gasteiger partial charge in [-0.05, 0) is 29.7 Å². The van der Waals surface area contributed by atoms with Crippen LogP contribution < -0.4 is 0 Å². The van der Waals surface area contributed by atoms with Crippen LogP contribution in [0.1, 0.15) is 27.0 Å². The van der Waals surface area contributed by atoms with Gasteiger partial charge >= 0.3 is 0 Å². The monoisotopic (exact) mass is 386 g/mol. The lowest BCUT2D eigenvalue weighted by Gasteiger charge is -2.22. The summed E-state index contributed by atoms with van der Waals surface area (Å²) in [5.74, 6) is -0.202. The van der Waals surface area contributed by atoms with Crippen molar-refractivity contribution in [2.45, 2.75) is 6.92 Å². The van der Waals surface area contributed by atoms with E-state index in [-0.39, 0.29) is 5.78 Å². The highest BCUT2D eigenvalue weighted by molar-refractivity contribution is 6.21. The van der Waals surface area contributed by atoms with E-state index >= 15 is 0 Å². The molecule has 3 nitrogen and oxygen atoms in total. The first kappa shape index (κ1) is 19.1. The predicted octanol–water partition coefficient (Wildman–Crippen LogP) is 5.76. The van der Waals surface area contributed by atoms with Gasteiger partial charge in [0.05, 0.1) is 12.1 Å². The third-order valence-electron chi connectivity index (χ3n) is 5.38. The molecule has 0 aliphatic heterocycles. The van der Waals surface area contributed by atoms with Crippen molar-refractivity contribution in [1.29, 1.82) is 10.5 Å². The zero-order valence-corrected chi connectivity index (χ0v) is 16.5. The minimum atomic E-state index is -1.57. The summed E-state index contributed by atoms with van der Waals surface area (Å²) in [6, 6.07) is 30.3. The number of hydrogen-bond donors (Lipinski definition) is 0. The fourth-order valence-electron chi connectivity index (χ4n) is 3.85. The van der Waals surface area contributed by atoms with Crippen LogP contribution in [0.4, 0.5) is 0 Å². The number of carbonyl (C=O) groups is 1. The number of nitrogens with zero attached hydrogens (tertiary/aromatic N) is 2. The fourth-order valence-corrected chi connectivity index (χ4v) is 3.85. The third kappa shape index (κ3) is 3.04. The highest BCUT2D eigenvalue weighted by Crippen LogP contribution is 2.52. The highest BCUT2D eigenvalue weighted by Gasteiger charge is 2.47. The lowest BCUT2D eigenvalue weighted by atomic mass is 9.73. The van der Waals surface area contributed by atoms with Crippen molar-refractivity contribution in [3.05, 3.63) is 119 Å². The molecule has 3 heteroatoms. The summed E-state index contributed by atoms with van der Waals surface area (Å²) in [4.78, 5) is 13.5. The molecule has 3 aromatic rings. The van der Waals surface area contributed by atoms with E-state index in [2.05, 4.69) is 12.1 Å². The maximum absolute atomic E-state index is 13.5. The maximum Gasteiger partial charge on any atom is 0.195 e. The first-order chi connectivity index (χ1) is 14.6. The summed E-state index contributed by atoms with van der Waals surface area (Å²) in [5, 5.41) is 20.5. The Morgan fingerprint density at radius 3 is 1.90 bits per heavy atom. The van der Waals surface area contributed by atoms with Crippen molar-refractivity contribution in [2.75, 3.05) is 0 Å². The Kier molecular flexibility index (Phi) is 4.88. The van der Waals surface area contributed by atoms with Gasteiger partial charge in [-0.15, -0.1) is 0 Å². The minimum Gasteiger partial charge on any atom is -0.289 e. The Labute approximate surface area is 175 Å². The number of rotatable bonds is 4. The van der Waals surface area contributed by atoms with Gasteiger partial charge in [-0.1, -0.05) is 90.5 Å². The number of aryl methyl sites for hydroxylation is 1.